The number of nitrogens with one attached hydrogen (secondary N) is 2. The molecule has 9 nitrogen and oxygen atoms in total. The van der Waals surface area contributed by atoms with E-state index in [-0.39, 0.29) is 22.5 Å². The number of benzene rings is 2. The third-order valence-corrected chi connectivity index (χ3v) is 6.14. The highest BCUT2D eigenvalue weighted by Gasteiger charge is 2.29. The molecule has 2 N–H and O–H groups in total. The van der Waals surface area contributed by atoms with E-state index in [0.29, 0.717) is 48.6 Å². The molecule has 2 aliphatic rings. The van der Waals surface area contributed by atoms with Crippen LogP contribution in [0.15, 0.2) is 42.7 Å². The minimum absolute atomic E-state index is 0.0592. The van der Waals surface area contributed by atoms with Crippen LogP contribution in [0.4, 0.5) is 21.6 Å². The van der Waals surface area contributed by atoms with Gasteiger partial charge in [0.25, 0.3) is 5.69 Å². The summed E-state index contributed by atoms with van der Waals surface area (Å²) in [4.78, 5) is 24.8. The summed E-state index contributed by atoms with van der Waals surface area (Å²) < 4.78 is 13.5. The van der Waals surface area contributed by atoms with Crippen molar-refractivity contribution >= 4 is 28.1 Å². The maximum absolute atomic E-state index is 13.5. The molecular formula is C22H24FN7O2. The molecule has 0 radical (unpaired) electrons. The van der Waals surface area contributed by atoms with Crippen molar-refractivity contribution < 1.29 is 9.31 Å². The van der Waals surface area contributed by atoms with Gasteiger partial charge in [0, 0.05) is 57.3 Å². The van der Waals surface area contributed by atoms with E-state index in [1.54, 1.807) is 24.3 Å². The van der Waals surface area contributed by atoms with Gasteiger partial charge in [-0.3, -0.25) is 10.1 Å². The van der Waals surface area contributed by atoms with Crippen molar-refractivity contribution in [1.82, 2.24) is 20.6 Å². The van der Waals surface area contributed by atoms with Crippen LogP contribution in [0, 0.1) is 15.9 Å². The smallest absolute Gasteiger partial charge is 0.293 e. The maximum Gasteiger partial charge on any atom is 0.293 e. The van der Waals surface area contributed by atoms with Gasteiger partial charge in [0.2, 0.25) is 0 Å². The van der Waals surface area contributed by atoms with E-state index in [1.807, 2.05) is 4.90 Å². The lowest BCUT2D eigenvalue weighted by atomic mass is 10.0. The predicted octanol–water partition coefficient (Wildman–Crippen LogP) is 2.24. The number of hydrogen-bond acceptors (Lipinski definition) is 8. The van der Waals surface area contributed by atoms with Gasteiger partial charge in [-0.05, 0) is 23.8 Å². The molecule has 10 heteroatoms. The minimum atomic E-state index is -0.331. The highest BCUT2D eigenvalue weighted by Crippen LogP contribution is 2.38. The van der Waals surface area contributed by atoms with Crippen LogP contribution in [0.5, 0.6) is 0 Å². The summed E-state index contributed by atoms with van der Waals surface area (Å²) in [6.45, 7) is 5.06. The lowest BCUT2D eigenvalue weighted by Crippen LogP contribution is -2.46. The van der Waals surface area contributed by atoms with E-state index in [9.17, 15) is 14.5 Å². The van der Waals surface area contributed by atoms with Crippen molar-refractivity contribution in [1.29, 1.82) is 0 Å². The molecule has 2 aromatic carbocycles. The second kappa shape index (κ2) is 8.64. The first kappa shape index (κ1) is 20.5. The van der Waals surface area contributed by atoms with Crippen molar-refractivity contribution in [3.8, 4) is 0 Å². The number of aromatic nitrogens is 2. The van der Waals surface area contributed by atoms with Gasteiger partial charge in [0.05, 0.1) is 16.5 Å². The summed E-state index contributed by atoms with van der Waals surface area (Å²) >= 11 is 0. The molecular weight excluding hydrogens is 413 g/mol. The first-order chi connectivity index (χ1) is 15.6. The van der Waals surface area contributed by atoms with Crippen LogP contribution in [0.25, 0.3) is 10.9 Å². The van der Waals surface area contributed by atoms with Gasteiger partial charge < -0.3 is 20.4 Å². The number of halogens is 1. The fourth-order valence-corrected chi connectivity index (χ4v) is 4.54. The van der Waals surface area contributed by atoms with E-state index >= 15 is 0 Å². The number of hydrogen-bond donors (Lipinski definition) is 2. The summed E-state index contributed by atoms with van der Waals surface area (Å²) in [5.41, 5.74) is 2.27. The maximum atomic E-state index is 13.5. The van der Waals surface area contributed by atoms with Crippen molar-refractivity contribution in [2.75, 3.05) is 55.6 Å². The van der Waals surface area contributed by atoms with E-state index in [4.69, 9.17) is 0 Å². The molecule has 5 rings (SSSR count). The Kier molecular flexibility index (Phi) is 5.54. The van der Waals surface area contributed by atoms with Crippen LogP contribution >= 0.6 is 0 Å². The lowest BCUT2D eigenvalue weighted by molar-refractivity contribution is -0.384. The number of fused-ring (bicyclic) bond motifs is 1. The van der Waals surface area contributed by atoms with E-state index < -0.39 is 0 Å². The third kappa shape index (κ3) is 3.82. The number of nitro benzene ring substituents is 1. The number of rotatable bonds is 4. The first-order valence-electron chi connectivity index (χ1n) is 10.7. The Morgan fingerprint density at radius 1 is 1.03 bits per heavy atom. The zero-order chi connectivity index (χ0) is 22.1. The fourth-order valence-electron chi connectivity index (χ4n) is 4.54. The van der Waals surface area contributed by atoms with Crippen molar-refractivity contribution in [2.45, 2.75) is 6.04 Å². The summed E-state index contributed by atoms with van der Waals surface area (Å²) in [6, 6.07) is 9.78. The molecule has 32 heavy (non-hydrogen) atoms. The quantitative estimate of drug-likeness (QED) is 0.474. The zero-order valence-corrected chi connectivity index (χ0v) is 17.5. The normalized spacial score (nSPS) is 19.3. The molecule has 3 aromatic rings. The van der Waals surface area contributed by atoms with Gasteiger partial charge >= 0.3 is 0 Å². The third-order valence-electron chi connectivity index (χ3n) is 6.14. The zero-order valence-electron chi connectivity index (χ0n) is 17.5. The van der Waals surface area contributed by atoms with Gasteiger partial charge in [0.1, 0.15) is 23.6 Å². The van der Waals surface area contributed by atoms with Gasteiger partial charge in [-0.1, -0.05) is 12.1 Å². The molecule has 1 atom stereocenters. The highest BCUT2D eigenvalue weighted by molar-refractivity contribution is 5.95. The summed E-state index contributed by atoms with van der Waals surface area (Å²) in [5.74, 6) is 0.369. The van der Waals surface area contributed by atoms with Crippen LogP contribution in [-0.4, -0.2) is 60.7 Å². The highest BCUT2D eigenvalue weighted by atomic mass is 19.1. The predicted molar refractivity (Wildman–Crippen MR) is 121 cm³/mol. The Morgan fingerprint density at radius 2 is 1.78 bits per heavy atom. The molecule has 0 amide bonds. The molecule has 0 bridgehead atoms. The van der Waals surface area contributed by atoms with Gasteiger partial charge in [0.15, 0.2) is 0 Å². The summed E-state index contributed by atoms with van der Waals surface area (Å²) in [5, 5.41) is 19.3. The first-order valence-corrected chi connectivity index (χ1v) is 10.7. The van der Waals surface area contributed by atoms with Crippen LogP contribution in [0.1, 0.15) is 11.6 Å². The van der Waals surface area contributed by atoms with Crippen molar-refractivity contribution in [3.63, 3.8) is 0 Å². The van der Waals surface area contributed by atoms with Gasteiger partial charge in [-0.25, -0.2) is 14.4 Å². The topological polar surface area (TPSA) is 99.5 Å². The van der Waals surface area contributed by atoms with E-state index in [1.165, 1.54) is 18.5 Å². The number of piperazine rings is 2. The van der Waals surface area contributed by atoms with E-state index in [2.05, 4.69) is 25.5 Å². The largest absolute Gasteiger partial charge is 0.363 e. The standard InChI is InChI=1S/C22H24FN7O2/c23-16-3-1-15(2-4-16)21-13-25-7-10-29(21)22-17-11-20(30(31)32)19(12-18(17)26-14-27-22)28-8-5-24-6-9-28/h1-4,11-12,14,21,24-25H,5-10,13H2. The molecule has 2 aliphatic heterocycles. The summed E-state index contributed by atoms with van der Waals surface area (Å²) in [6.07, 6.45) is 1.51. The molecule has 3 heterocycles. The molecule has 1 unspecified atom stereocenters. The number of nitro groups is 1. The van der Waals surface area contributed by atoms with Crippen molar-refractivity contribution in [3.05, 3.63) is 64.2 Å². The minimum Gasteiger partial charge on any atom is -0.363 e. The number of nitrogens with zero attached hydrogens (tertiary/aromatic N) is 5. The molecule has 0 aliphatic carbocycles. The molecule has 2 fully saturated rings. The van der Waals surface area contributed by atoms with Gasteiger partial charge in [-0.15, -0.1) is 0 Å². The SMILES string of the molecule is O=[N+]([O-])c1cc2c(N3CCNCC3c3ccc(F)cc3)ncnc2cc1N1CCNCC1. The molecule has 166 valence electrons. The van der Waals surface area contributed by atoms with Crippen LogP contribution in [0.2, 0.25) is 0 Å². The molecule has 0 saturated carbocycles. The lowest BCUT2D eigenvalue weighted by Gasteiger charge is -2.38. The Morgan fingerprint density at radius 3 is 2.53 bits per heavy atom. The second-order valence-corrected chi connectivity index (χ2v) is 8.01. The van der Waals surface area contributed by atoms with Crippen molar-refractivity contribution in [2.24, 2.45) is 0 Å². The second-order valence-electron chi connectivity index (χ2n) is 8.01. The fraction of sp³-hybridized carbons (Fsp3) is 0.364. The Labute approximate surface area is 184 Å². The van der Waals surface area contributed by atoms with Crippen LogP contribution < -0.4 is 20.4 Å². The Balaban J connectivity index is 1.61. The average Bonchev–Trinajstić information content (AvgIpc) is 2.84. The summed E-state index contributed by atoms with van der Waals surface area (Å²) in [7, 11) is 0. The monoisotopic (exact) mass is 437 g/mol. The Hall–Kier alpha value is -3.37. The van der Waals surface area contributed by atoms with Crippen LogP contribution in [-0.2, 0) is 0 Å². The molecule has 0 spiro atoms. The Bertz CT molecular complexity index is 1140. The van der Waals surface area contributed by atoms with E-state index in [0.717, 1.165) is 25.2 Å². The van der Waals surface area contributed by atoms with Crippen LogP contribution in [0.3, 0.4) is 0 Å². The number of anilines is 2. The average molecular weight is 437 g/mol. The van der Waals surface area contributed by atoms with Gasteiger partial charge in [-0.2, -0.15) is 0 Å². The molecule has 2 saturated heterocycles. The molecule has 1 aromatic heterocycles.